The zero-order valence-electron chi connectivity index (χ0n) is 10.3. The Bertz CT molecular complexity index is 552. The zero-order chi connectivity index (χ0) is 13.6. The molecule has 1 N–H and O–H groups in total. The Labute approximate surface area is 109 Å². The lowest BCUT2D eigenvalue weighted by Crippen LogP contribution is -2.55. The van der Waals surface area contributed by atoms with Gasteiger partial charge in [0.05, 0.1) is 11.1 Å². The van der Waals surface area contributed by atoms with Crippen LogP contribution in [0.4, 0.5) is 0 Å². The number of aliphatic carboxylic acids is 1. The van der Waals surface area contributed by atoms with Crippen molar-refractivity contribution in [2.45, 2.75) is 31.2 Å². The molecular formula is C14H13NO4. The first-order valence-corrected chi connectivity index (χ1v) is 6.29. The summed E-state index contributed by atoms with van der Waals surface area (Å²) >= 11 is 0. The molecule has 1 heterocycles. The van der Waals surface area contributed by atoms with Crippen molar-refractivity contribution in [1.82, 2.24) is 4.90 Å². The molecule has 2 aliphatic rings. The second-order valence-electron chi connectivity index (χ2n) is 5.04. The van der Waals surface area contributed by atoms with E-state index in [2.05, 4.69) is 0 Å². The van der Waals surface area contributed by atoms with Crippen LogP contribution < -0.4 is 0 Å². The van der Waals surface area contributed by atoms with Gasteiger partial charge in [-0.15, -0.1) is 0 Å². The fraction of sp³-hybridized carbons (Fsp3) is 0.357. The SMILES string of the molecule is O=C1c2ccccc2C(=O)N1C1(C(=O)O)CCCC1. The van der Waals surface area contributed by atoms with Crippen LogP contribution in [0.3, 0.4) is 0 Å². The highest BCUT2D eigenvalue weighted by atomic mass is 16.4. The molecule has 0 spiro atoms. The van der Waals surface area contributed by atoms with Crippen LogP contribution in [0, 0.1) is 0 Å². The van der Waals surface area contributed by atoms with Crippen molar-refractivity contribution < 1.29 is 19.5 Å². The number of benzene rings is 1. The van der Waals surface area contributed by atoms with Crippen LogP contribution in [-0.2, 0) is 4.79 Å². The Morgan fingerprint density at radius 2 is 1.53 bits per heavy atom. The summed E-state index contributed by atoms with van der Waals surface area (Å²) in [6.45, 7) is 0. The lowest BCUT2D eigenvalue weighted by molar-refractivity contribution is -0.148. The largest absolute Gasteiger partial charge is 0.479 e. The predicted molar refractivity (Wildman–Crippen MR) is 65.8 cm³/mol. The summed E-state index contributed by atoms with van der Waals surface area (Å²) < 4.78 is 0. The van der Waals surface area contributed by atoms with Gasteiger partial charge in [-0.1, -0.05) is 25.0 Å². The monoisotopic (exact) mass is 259 g/mol. The maximum absolute atomic E-state index is 12.3. The van der Waals surface area contributed by atoms with E-state index in [-0.39, 0.29) is 0 Å². The first-order valence-electron chi connectivity index (χ1n) is 6.29. The average Bonchev–Trinajstić information content (AvgIpc) is 2.97. The van der Waals surface area contributed by atoms with E-state index in [1.54, 1.807) is 24.3 Å². The summed E-state index contributed by atoms with van der Waals surface area (Å²) in [4.78, 5) is 37.3. The fourth-order valence-corrected chi connectivity index (χ4v) is 3.07. The molecule has 2 amide bonds. The summed E-state index contributed by atoms with van der Waals surface area (Å²) in [5.74, 6) is -2.05. The number of rotatable bonds is 2. The van der Waals surface area contributed by atoms with Gasteiger partial charge in [0.15, 0.2) is 0 Å². The Kier molecular flexibility index (Phi) is 2.45. The number of imide groups is 1. The molecule has 5 heteroatoms. The van der Waals surface area contributed by atoms with Gasteiger partial charge in [-0.2, -0.15) is 0 Å². The number of carbonyl (C=O) groups is 3. The van der Waals surface area contributed by atoms with E-state index >= 15 is 0 Å². The highest BCUT2D eigenvalue weighted by molar-refractivity contribution is 6.23. The summed E-state index contributed by atoms with van der Waals surface area (Å²) in [6, 6.07) is 6.49. The zero-order valence-corrected chi connectivity index (χ0v) is 10.3. The van der Waals surface area contributed by atoms with Crippen LogP contribution in [0.15, 0.2) is 24.3 Å². The first-order chi connectivity index (χ1) is 9.08. The van der Waals surface area contributed by atoms with Crippen molar-refractivity contribution >= 4 is 17.8 Å². The Hall–Kier alpha value is -2.17. The summed E-state index contributed by atoms with van der Waals surface area (Å²) in [5, 5.41) is 9.49. The minimum atomic E-state index is -1.35. The molecule has 1 aromatic rings. The molecule has 0 bridgehead atoms. The minimum Gasteiger partial charge on any atom is -0.479 e. The molecule has 1 aliphatic heterocycles. The number of carbonyl (C=O) groups excluding carboxylic acids is 2. The molecular weight excluding hydrogens is 246 g/mol. The Morgan fingerprint density at radius 1 is 1.05 bits per heavy atom. The Morgan fingerprint density at radius 3 is 1.95 bits per heavy atom. The maximum atomic E-state index is 12.3. The van der Waals surface area contributed by atoms with Crippen LogP contribution in [0.1, 0.15) is 46.4 Å². The molecule has 1 saturated carbocycles. The number of fused-ring (bicyclic) bond motifs is 1. The highest BCUT2D eigenvalue weighted by Gasteiger charge is 2.54. The lowest BCUT2D eigenvalue weighted by atomic mass is 9.95. The van der Waals surface area contributed by atoms with Crippen molar-refractivity contribution in [2.75, 3.05) is 0 Å². The van der Waals surface area contributed by atoms with E-state index in [1.807, 2.05) is 0 Å². The van der Waals surface area contributed by atoms with Gasteiger partial charge >= 0.3 is 5.97 Å². The molecule has 0 radical (unpaired) electrons. The van der Waals surface area contributed by atoms with Crippen LogP contribution >= 0.6 is 0 Å². The number of carboxylic acid groups (broad SMARTS) is 1. The van der Waals surface area contributed by atoms with E-state index < -0.39 is 23.3 Å². The third kappa shape index (κ3) is 1.44. The van der Waals surface area contributed by atoms with E-state index in [0.29, 0.717) is 24.0 Å². The molecule has 98 valence electrons. The van der Waals surface area contributed by atoms with Crippen LogP contribution in [0.2, 0.25) is 0 Å². The molecule has 0 unspecified atom stereocenters. The van der Waals surface area contributed by atoms with Crippen molar-refractivity contribution in [2.24, 2.45) is 0 Å². The van der Waals surface area contributed by atoms with E-state index in [1.165, 1.54) is 0 Å². The van der Waals surface area contributed by atoms with Crippen LogP contribution in [0.25, 0.3) is 0 Å². The standard InChI is InChI=1S/C14H13NO4/c16-11-9-5-1-2-6-10(9)12(17)15(11)14(13(18)19)7-3-4-8-14/h1-2,5-6H,3-4,7-8H2,(H,18,19). The second-order valence-corrected chi connectivity index (χ2v) is 5.04. The normalized spacial score (nSPS) is 20.7. The summed E-state index contributed by atoms with van der Waals surface area (Å²) in [6.07, 6.45) is 2.13. The topological polar surface area (TPSA) is 74.7 Å². The second kappa shape index (κ2) is 3.91. The van der Waals surface area contributed by atoms with Crippen molar-refractivity contribution in [3.05, 3.63) is 35.4 Å². The van der Waals surface area contributed by atoms with Gasteiger partial charge < -0.3 is 5.11 Å². The number of hydrogen-bond donors (Lipinski definition) is 1. The van der Waals surface area contributed by atoms with Gasteiger partial charge in [0.25, 0.3) is 11.8 Å². The molecule has 0 aromatic heterocycles. The van der Waals surface area contributed by atoms with Crippen molar-refractivity contribution in [3.8, 4) is 0 Å². The molecule has 0 atom stereocenters. The number of amides is 2. The van der Waals surface area contributed by atoms with E-state index in [0.717, 1.165) is 17.7 Å². The lowest BCUT2D eigenvalue weighted by Gasteiger charge is -2.32. The summed E-state index contributed by atoms with van der Waals surface area (Å²) in [7, 11) is 0. The maximum Gasteiger partial charge on any atom is 0.330 e. The fourth-order valence-electron chi connectivity index (χ4n) is 3.07. The Balaban J connectivity index is 2.11. The van der Waals surface area contributed by atoms with Crippen LogP contribution in [-0.4, -0.2) is 33.3 Å². The average molecular weight is 259 g/mol. The highest BCUT2D eigenvalue weighted by Crippen LogP contribution is 2.40. The van der Waals surface area contributed by atoms with Crippen molar-refractivity contribution in [3.63, 3.8) is 0 Å². The van der Waals surface area contributed by atoms with E-state index in [9.17, 15) is 19.5 Å². The van der Waals surface area contributed by atoms with Gasteiger partial charge in [0.1, 0.15) is 5.54 Å². The van der Waals surface area contributed by atoms with Crippen LogP contribution in [0.5, 0.6) is 0 Å². The van der Waals surface area contributed by atoms with Gasteiger partial charge in [-0.05, 0) is 25.0 Å². The molecule has 1 fully saturated rings. The smallest absolute Gasteiger partial charge is 0.330 e. The first kappa shape index (κ1) is 11.9. The third-order valence-electron chi connectivity index (χ3n) is 4.05. The van der Waals surface area contributed by atoms with Crippen molar-refractivity contribution in [1.29, 1.82) is 0 Å². The molecule has 0 saturated heterocycles. The predicted octanol–water partition coefficient (Wildman–Crippen LogP) is 1.68. The quantitative estimate of drug-likeness (QED) is 0.820. The number of carboxylic acids is 1. The van der Waals surface area contributed by atoms with Gasteiger partial charge in [0, 0.05) is 0 Å². The number of nitrogens with zero attached hydrogens (tertiary/aromatic N) is 1. The molecule has 3 rings (SSSR count). The minimum absolute atomic E-state index is 0.306. The van der Waals surface area contributed by atoms with E-state index in [4.69, 9.17) is 0 Å². The van der Waals surface area contributed by atoms with Gasteiger partial charge in [0.2, 0.25) is 0 Å². The molecule has 1 aliphatic carbocycles. The third-order valence-corrected chi connectivity index (χ3v) is 4.05. The van der Waals surface area contributed by atoms with Gasteiger partial charge in [-0.3, -0.25) is 14.5 Å². The number of hydrogen-bond acceptors (Lipinski definition) is 3. The molecule has 19 heavy (non-hydrogen) atoms. The summed E-state index contributed by atoms with van der Waals surface area (Å²) in [5.41, 5.74) is -0.743. The molecule has 5 nitrogen and oxygen atoms in total. The van der Waals surface area contributed by atoms with Gasteiger partial charge in [-0.25, -0.2) is 4.79 Å². The molecule has 1 aromatic carbocycles.